The van der Waals surface area contributed by atoms with E-state index in [0.29, 0.717) is 12.0 Å². The summed E-state index contributed by atoms with van der Waals surface area (Å²) >= 11 is 0. The maximum Gasteiger partial charge on any atom is 0.234 e. The number of hydrogen-bond acceptors (Lipinski definition) is 2. The van der Waals surface area contributed by atoms with Gasteiger partial charge in [0.15, 0.2) is 5.96 Å². The average molecular weight is 299 g/mol. The van der Waals surface area contributed by atoms with Gasteiger partial charge in [-0.15, -0.1) is 0 Å². The van der Waals surface area contributed by atoms with Crippen molar-refractivity contribution in [2.24, 2.45) is 5.73 Å². The largest absolute Gasteiger partial charge is 0.370 e. The fourth-order valence-corrected chi connectivity index (χ4v) is 2.38. The highest BCUT2D eigenvalue weighted by Crippen LogP contribution is 2.22. The number of nitrogens with one attached hydrogen (secondary N) is 2. The van der Waals surface area contributed by atoms with Crippen LogP contribution in [0.15, 0.2) is 48.5 Å². The van der Waals surface area contributed by atoms with E-state index in [1.165, 1.54) is 12.1 Å². The number of guanidine groups is 1. The Hall–Kier alpha value is -2.69. The Morgan fingerprint density at radius 3 is 2.64 bits per heavy atom. The molecule has 1 amide bonds. The summed E-state index contributed by atoms with van der Waals surface area (Å²) in [6.45, 7) is 1.97. The van der Waals surface area contributed by atoms with Crippen LogP contribution >= 0.6 is 0 Å². The van der Waals surface area contributed by atoms with E-state index in [1.807, 2.05) is 31.2 Å². The number of halogens is 1. The van der Waals surface area contributed by atoms with Crippen LogP contribution in [0.1, 0.15) is 22.6 Å². The average Bonchev–Trinajstić information content (AvgIpc) is 2.44. The molecule has 0 aliphatic heterocycles. The summed E-state index contributed by atoms with van der Waals surface area (Å²) in [5.74, 6) is -1.85. The van der Waals surface area contributed by atoms with Gasteiger partial charge in [0.2, 0.25) is 5.91 Å². The lowest BCUT2D eigenvalue weighted by molar-refractivity contribution is -0.121. The van der Waals surface area contributed by atoms with Crippen LogP contribution in [-0.2, 0) is 11.2 Å². The zero-order valence-corrected chi connectivity index (χ0v) is 12.3. The van der Waals surface area contributed by atoms with Crippen LogP contribution in [0.25, 0.3) is 0 Å². The molecule has 1 unspecified atom stereocenters. The first-order valence-electron chi connectivity index (χ1n) is 6.91. The minimum Gasteiger partial charge on any atom is -0.370 e. The predicted octanol–water partition coefficient (Wildman–Crippen LogP) is 2.47. The lowest BCUT2D eigenvalue weighted by atomic mass is 9.90. The third-order valence-electron chi connectivity index (χ3n) is 3.35. The molecule has 0 saturated heterocycles. The first-order valence-corrected chi connectivity index (χ1v) is 6.91. The van der Waals surface area contributed by atoms with Gasteiger partial charge in [0, 0.05) is 0 Å². The summed E-state index contributed by atoms with van der Waals surface area (Å²) in [6.07, 6.45) is 0.407. The highest BCUT2D eigenvalue weighted by molar-refractivity contribution is 5.98. The summed E-state index contributed by atoms with van der Waals surface area (Å²) in [6, 6.07) is 13.7. The second-order valence-electron chi connectivity index (χ2n) is 5.20. The minimum atomic E-state index is -0.610. The highest BCUT2D eigenvalue weighted by atomic mass is 19.1. The SMILES string of the molecule is Cc1cccc(CC(C(=O)NC(=N)N)c2cccc(F)c2)c1. The van der Waals surface area contributed by atoms with E-state index in [-0.39, 0.29) is 0 Å². The first kappa shape index (κ1) is 15.7. The Labute approximate surface area is 128 Å². The van der Waals surface area contributed by atoms with Crippen molar-refractivity contribution >= 4 is 11.9 Å². The lowest BCUT2D eigenvalue weighted by Gasteiger charge is -2.17. The summed E-state index contributed by atoms with van der Waals surface area (Å²) in [4.78, 5) is 12.3. The zero-order valence-electron chi connectivity index (χ0n) is 12.3. The lowest BCUT2D eigenvalue weighted by Crippen LogP contribution is -2.39. The molecule has 2 aromatic rings. The van der Waals surface area contributed by atoms with E-state index < -0.39 is 23.6 Å². The van der Waals surface area contributed by atoms with Crippen LogP contribution in [-0.4, -0.2) is 11.9 Å². The van der Waals surface area contributed by atoms with Crippen molar-refractivity contribution in [1.82, 2.24) is 5.32 Å². The zero-order chi connectivity index (χ0) is 16.1. The molecule has 0 aliphatic carbocycles. The normalized spacial score (nSPS) is 11.7. The second-order valence-corrected chi connectivity index (χ2v) is 5.20. The van der Waals surface area contributed by atoms with E-state index in [9.17, 15) is 9.18 Å². The molecule has 1 atom stereocenters. The van der Waals surface area contributed by atoms with Gasteiger partial charge in [0.25, 0.3) is 0 Å². The number of carbonyl (C=O) groups is 1. The summed E-state index contributed by atoms with van der Waals surface area (Å²) < 4.78 is 13.5. The van der Waals surface area contributed by atoms with E-state index in [1.54, 1.807) is 12.1 Å². The summed E-state index contributed by atoms with van der Waals surface area (Å²) in [5, 5.41) is 9.50. The maximum atomic E-state index is 13.5. The minimum absolute atomic E-state index is 0.401. The van der Waals surface area contributed by atoms with Crippen molar-refractivity contribution in [3.05, 3.63) is 71.0 Å². The van der Waals surface area contributed by atoms with Gasteiger partial charge in [-0.1, -0.05) is 42.0 Å². The third kappa shape index (κ3) is 4.15. The molecule has 0 fully saturated rings. The molecule has 4 nitrogen and oxygen atoms in total. The van der Waals surface area contributed by atoms with Gasteiger partial charge < -0.3 is 5.73 Å². The molecule has 0 heterocycles. The Bertz CT molecular complexity index is 700. The van der Waals surface area contributed by atoms with Gasteiger partial charge in [0.05, 0.1) is 5.92 Å². The number of nitrogens with two attached hydrogens (primary N) is 1. The first-order chi connectivity index (χ1) is 10.5. The fourth-order valence-electron chi connectivity index (χ4n) is 2.38. The van der Waals surface area contributed by atoms with Crippen LogP contribution in [0.2, 0.25) is 0 Å². The van der Waals surface area contributed by atoms with Crippen molar-refractivity contribution in [2.75, 3.05) is 0 Å². The van der Waals surface area contributed by atoms with Gasteiger partial charge in [-0.25, -0.2) is 4.39 Å². The molecule has 0 saturated carbocycles. The van der Waals surface area contributed by atoms with Gasteiger partial charge in [-0.3, -0.25) is 15.5 Å². The molecule has 5 heteroatoms. The van der Waals surface area contributed by atoms with Crippen LogP contribution in [0.4, 0.5) is 4.39 Å². The van der Waals surface area contributed by atoms with Crippen molar-refractivity contribution in [3.8, 4) is 0 Å². The molecule has 0 bridgehead atoms. The van der Waals surface area contributed by atoms with Gasteiger partial charge in [-0.05, 0) is 36.6 Å². The number of hydrogen-bond donors (Lipinski definition) is 3. The Morgan fingerprint density at radius 2 is 2.00 bits per heavy atom. The third-order valence-corrected chi connectivity index (χ3v) is 3.35. The van der Waals surface area contributed by atoms with Crippen LogP contribution < -0.4 is 11.1 Å². The Balaban J connectivity index is 2.32. The van der Waals surface area contributed by atoms with Crippen LogP contribution in [0.5, 0.6) is 0 Å². The standard InChI is InChI=1S/C17H18FN3O/c1-11-4-2-5-12(8-11)9-15(16(22)21-17(19)20)13-6-3-7-14(18)10-13/h2-8,10,15H,9H2,1H3,(H4,19,20,21,22). The number of amides is 1. The number of aryl methyl sites for hydroxylation is 1. The van der Waals surface area contributed by atoms with Gasteiger partial charge in [-0.2, -0.15) is 0 Å². The predicted molar refractivity (Wildman–Crippen MR) is 84.1 cm³/mol. The second kappa shape index (κ2) is 6.85. The number of benzene rings is 2. The molecule has 2 aromatic carbocycles. The van der Waals surface area contributed by atoms with E-state index in [0.717, 1.165) is 11.1 Å². The molecule has 0 radical (unpaired) electrons. The summed E-state index contributed by atoms with van der Waals surface area (Å²) in [7, 11) is 0. The van der Waals surface area contributed by atoms with E-state index >= 15 is 0 Å². The quantitative estimate of drug-likeness (QED) is 0.599. The molecule has 0 aromatic heterocycles. The smallest absolute Gasteiger partial charge is 0.234 e. The molecule has 22 heavy (non-hydrogen) atoms. The Kier molecular flexibility index (Phi) is 4.88. The van der Waals surface area contributed by atoms with Crippen molar-refractivity contribution in [3.63, 3.8) is 0 Å². The molecule has 0 aliphatic rings. The van der Waals surface area contributed by atoms with E-state index in [4.69, 9.17) is 11.1 Å². The van der Waals surface area contributed by atoms with Gasteiger partial charge >= 0.3 is 0 Å². The summed E-state index contributed by atoms with van der Waals surface area (Å²) in [5.41, 5.74) is 7.84. The highest BCUT2D eigenvalue weighted by Gasteiger charge is 2.22. The molecular weight excluding hydrogens is 281 g/mol. The molecule has 114 valence electrons. The van der Waals surface area contributed by atoms with Crippen LogP contribution in [0.3, 0.4) is 0 Å². The van der Waals surface area contributed by atoms with Crippen LogP contribution in [0, 0.1) is 18.2 Å². The van der Waals surface area contributed by atoms with Crippen molar-refractivity contribution < 1.29 is 9.18 Å². The molecule has 0 spiro atoms. The molecule has 2 rings (SSSR count). The number of rotatable bonds is 4. The van der Waals surface area contributed by atoms with Gasteiger partial charge in [0.1, 0.15) is 5.82 Å². The Morgan fingerprint density at radius 1 is 1.27 bits per heavy atom. The van der Waals surface area contributed by atoms with E-state index in [2.05, 4.69) is 5.32 Å². The monoisotopic (exact) mass is 299 g/mol. The molecule has 4 N–H and O–H groups in total. The van der Waals surface area contributed by atoms with Crippen molar-refractivity contribution in [2.45, 2.75) is 19.3 Å². The topological polar surface area (TPSA) is 79.0 Å². The molecular formula is C17H18FN3O. The number of carbonyl (C=O) groups excluding carboxylic acids is 1. The fraction of sp³-hybridized carbons (Fsp3) is 0.176. The maximum absolute atomic E-state index is 13.5. The van der Waals surface area contributed by atoms with Crippen molar-refractivity contribution in [1.29, 1.82) is 5.41 Å².